The number of amides is 1. The van der Waals surface area contributed by atoms with Crippen molar-refractivity contribution in [3.63, 3.8) is 0 Å². The molecule has 110 valence electrons. The van der Waals surface area contributed by atoms with E-state index in [0.29, 0.717) is 28.8 Å². The van der Waals surface area contributed by atoms with Gasteiger partial charge in [-0.1, -0.05) is 19.9 Å². The summed E-state index contributed by atoms with van der Waals surface area (Å²) in [7, 11) is 0. The van der Waals surface area contributed by atoms with Crippen LogP contribution in [0.1, 0.15) is 30.7 Å². The van der Waals surface area contributed by atoms with Gasteiger partial charge in [-0.3, -0.25) is 9.78 Å². The summed E-state index contributed by atoms with van der Waals surface area (Å²) in [5.41, 5.74) is 2.00. The van der Waals surface area contributed by atoms with Gasteiger partial charge >= 0.3 is 5.97 Å². The minimum absolute atomic E-state index is 0.0258. The fraction of sp³-hybridized carbons (Fsp3) is 0.400. The Morgan fingerprint density at radius 2 is 2.19 bits per heavy atom. The van der Waals surface area contributed by atoms with E-state index in [-0.39, 0.29) is 18.4 Å². The average Bonchev–Trinajstić information content (AvgIpc) is 2.82. The number of hydrogen-bond acceptors (Lipinski definition) is 3. The smallest absolute Gasteiger partial charge is 0.326 e. The van der Waals surface area contributed by atoms with Crippen LogP contribution in [0.4, 0.5) is 4.39 Å². The molecular formula is C15H15FN2O3. The van der Waals surface area contributed by atoms with Gasteiger partial charge in [-0.2, -0.15) is 0 Å². The van der Waals surface area contributed by atoms with Crippen LogP contribution in [0.2, 0.25) is 0 Å². The van der Waals surface area contributed by atoms with Crippen molar-refractivity contribution in [2.75, 3.05) is 0 Å². The van der Waals surface area contributed by atoms with Gasteiger partial charge in [0.15, 0.2) is 0 Å². The van der Waals surface area contributed by atoms with Gasteiger partial charge < -0.3 is 10.0 Å². The summed E-state index contributed by atoms with van der Waals surface area (Å²) in [5.74, 6) is -2.18. The molecule has 2 aliphatic rings. The summed E-state index contributed by atoms with van der Waals surface area (Å²) in [6, 6.07) is -0.969. The van der Waals surface area contributed by atoms with Crippen LogP contribution < -0.4 is 0 Å². The molecule has 0 bridgehead atoms. The number of rotatable bonds is 3. The van der Waals surface area contributed by atoms with E-state index < -0.39 is 17.8 Å². The van der Waals surface area contributed by atoms with E-state index in [0.717, 1.165) is 6.20 Å². The van der Waals surface area contributed by atoms with Gasteiger partial charge in [0.25, 0.3) is 5.91 Å². The van der Waals surface area contributed by atoms with Crippen LogP contribution in [0, 0.1) is 11.7 Å². The van der Waals surface area contributed by atoms with E-state index in [4.69, 9.17) is 0 Å². The molecule has 2 heterocycles. The predicted molar refractivity (Wildman–Crippen MR) is 72.7 cm³/mol. The maximum Gasteiger partial charge on any atom is 0.326 e. The highest BCUT2D eigenvalue weighted by atomic mass is 19.1. The average molecular weight is 290 g/mol. The van der Waals surface area contributed by atoms with Crippen LogP contribution in [0.25, 0.3) is 5.57 Å². The molecule has 0 saturated carbocycles. The highest BCUT2D eigenvalue weighted by Crippen LogP contribution is 2.38. The number of carbonyl (C=O) groups excluding carboxylic acids is 1. The monoisotopic (exact) mass is 290 g/mol. The number of nitrogens with zero attached hydrogens (tertiary/aromatic N) is 2. The van der Waals surface area contributed by atoms with Crippen molar-refractivity contribution in [2.45, 2.75) is 32.9 Å². The zero-order valence-corrected chi connectivity index (χ0v) is 11.8. The van der Waals surface area contributed by atoms with Gasteiger partial charge in [-0.05, 0) is 5.92 Å². The van der Waals surface area contributed by atoms with E-state index in [1.165, 1.54) is 4.90 Å². The number of pyridine rings is 1. The van der Waals surface area contributed by atoms with Crippen LogP contribution in [0.5, 0.6) is 0 Å². The molecule has 0 radical (unpaired) electrons. The molecule has 1 aliphatic heterocycles. The van der Waals surface area contributed by atoms with Crippen molar-refractivity contribution < 1.29 is 19.1 Å². The molecule has 0 fully saturated rings. The van der Waals surface area contributed by atoms with Crippen LogP contribution in [0.3, 0.4) is 0 Å². The second-order valence-electron chi connectivity index (χ2n) is 5.69. The Hall–Kier alpha value is -2.24. The second-order valence-corrected chi connectivity index (χ2v) is 5.69. The van der Waals surface area contributed by atoms with Gasteiger partial charge in [0, 0.05) is 23.1 Å². The molecule has 0 spiro atoms. The Kier molecular flexibility index (Phi) is 3.04. The van der Waals surface area contributed by atoms with Crippen LogP contribution in [0.15, 0.2) is 12.3 Å². The molecule has 1 aromatic rings. The Morgan fingerprint density at radius 1 is 1.48 bits per heavy atom. The minimum atomic E-state index is -1.07. The molecular weight excluding hydrogens is 275 g/mol. The maximum absolute atomic E-state index is 14.0. The van der Waals surface area contributed by atoms with E-state index in [1.807, 2.05) is 0 Å². The van der Waals surface area contributed by atoms with Gasteiger partial charge in [-0.15, -0.1) is 0 Å². The van der Waals surface area contributed by atoms with Crippen molar-refractivity contribution in [1.82, 2.24) is 9.88 Å². The third kappa shape index (κ3) is 1.93. The lowest BCUT2D eigenvalue weighted by Crippen LogP contribution is -2.49. The molecule has 1 atom stereocenters. The van der Waals surface area contributed by atoms with Crippen molar-refractivity contribution in [3.05, 3.63) is 34.9 Å². The second kappa shape index (κ2) is 4.65. The first-order valence-electron chi connectivity index (χ1n) is 6.82. The number of halogens is 1. The number of aromatic nitrogens is 1. The number of hydrogen-bond donors (Lipinski definition) is 1. The zero-order valence-electron chi connectivity index (χ0n) is 11.8. The quantitative estimate of drug-likeness (QED) is 0.918. The Bertz CT molecular complexity index is 682. The Balaban J connectivity index is 2.11. The lowest BCUT2D eigenvalue weighted by atomic mass is 9.92. The fourth-order valence-electron chi connectivity index (χ4n) is 3.09. The number of carboxylic acid groups (broad SMARTS) is 1. The van der Waals surface area contributed by atoms with Gasteiger partial charge in [-0.25, -0.2) is 9.18 Å². The molecule has 0 aromatic carbocycles. The predicted octanol–water partition coefficient (Wildman–Crippen LogP) is 1.61. The topological polar surface area (TPSA) is 70.5 Å². The van der Waals surface area contributed by atoms with E-state index >= 15 is 0 Å². The Morgan fingerprint density at radius 3 is 2.81 bits per heavy atom. The number of allylic oxidation sites excluding steroid dienone is 1. The van der Waals surface area contributed by atoms with Gasteiger partial charge in [0.1, 0.15) is 11.9 Å². The van der Waals surface area contributed by atoms with Crippen molar-refractivity contribution in [1.29, 1.82) is 0 Å². The standard InChI is InChI=1S/C15H15FN2O3/c1-7(2)13(15(20)21)18-6-9-10(16)5-17-11-4-3-8(12(9)11)14(18)19/h3,5,7,13H,4,6H2,1-2H3,(H,20,21)/t13-/m1/s1. The van der Waals surface area contributed by atoms with Crippen LogP contribution in [-0.4, -0.2) is 32.9 Å². The summed E-state index contributed by atoms with van der Waals surface area (Å²) in [6.07, 6.45) is 3.33. The van der Waals surface area contributed by atoms with Crippen LogP contribution >= 0.6 is 0 Å². The molecule has 5 nitrogen and oxygen atoms in total. The summed E-state index contributed by atoms with van der Waals surface area (Å²) in [5, 5.41) is 9.38. The normalized spacial score (nSPS) is 17.8. The lowest BCUT2D eigenvalue weighted by Gasteiger charge is -2.35. The fourth-order valence-corrected chi connectivity index (χ4v) is 3.09. The maximum atomic E-state index is 14.0. The first kappa shape index (κ1) is 13.7. The van der Waals surface area contributed by atoms with Gasteiger partial charge in [0.2, 0.25) is 0 Å². The van der Waals surface area contributed by atoms with E-state index in [2.05, 4.69) is 4.98 Å². The van der Waals surface area contributed by atoms with Crippen molar-refractivity contribution in [2.24, 2.45) is 5.92 Å². The van der Waals surface area contributed by atoms with E-state index in [9.17, 15) is 19.1 Å². The number of carbonyl (C=O) groups is 2. The summed E-state index contributed by atoms with van der Waals surface area (Å²) in [6.45, 7) is 3.44. The first-order chi connectivity index (χ1) is 9.91. The highest BCUT2D eigenvalue weighted by molar-refractivity contribution is 6.22. The summed E-state index contributed by atoms with van der Waals surface area (Å²) < 4.78 is 14.0. The van der Waals surface area contributed by atoms with Crippen molar-refractivity contribution in [3.8, 4) is 0 Å². The molecule has 6 heteroatoms. The molecule has 1 amide bonds. The molecule has 21 heavy (non-hydrogen) atoms. The summed E-state index contributed by atoms with van der Waals surface area (Å²) in [4.78, 5) is 29.3. The molecule has 0 unspecified atom stereocenters. The molecule has 1 aromatic heterocycles. The highest BCUT2D eigenvalue weighted by Gasteiger charge is 2.41. The molecule has 1 N–H and O–H groups in total. The third-order valence-electron chi connectivity index (χ3n) is 4.02. The first-order valence-corrected chi connectivity index (χ1v) is 6.82. The van der Waals surface area contributed by atoms with Crippen LogP contribution in [-0.2, 0) is 22.6 Å². The molecule has 0 saturated heterocycles. The third-order valence-corrected chi connectivity index (χ3v) is 4.02. The Labute approximate surface area is 121 Å². The van der Waals surface area contributed by atoms with Crippen molar-refractivity contribution >= 4 is 17.4 Å². The van der Waals surface area contributed by atoms with Gasteiger partial charge in [0.05, 0.1) is 18.4 Å². The SMILES string of the molecule is CC(C)[C@H](C(=O)O)N1Cc2c(F)cnc3c2C(=CC3)C1=O. The minimum Gasteiger partial charge on any atom is -0.480 e. The molecule has 3 rings (SSSR count). The lowest BCUT2D eigenvalue weighted by molar-refractivity contribution is -0.150. The number of carboxylic acids is 1. The van der Waals surface area contributed by atoms with E-state index in [1.54, 1.807) is 19.9 Å². The largest absolute Gasteiger partial charge is 0.480 e. The zero-order chi connectivity index (χ0) is 15.3. The summed E-state index contributed by atoms with van der Waals surface area (Å²) >= 11 is 0. The number of aliphatic carboxylic acids is 1. The molecule has 1 aliphatic carbocycles.